The quantitative estimate of drug-likeness (QED) is 0.156. The first-order valence-electron chi connectivity index (χ1n) is 16.4. The molecule has 252 valence electrons. The summed E-state index contributed by atoms with van der Waals surface area (Å²) in [4.78, 5) is 3.99. The molecule has 3 heterocycles. The molecular weight excluding hydrogens is 822 g/mol. The Bertz CT molecular complexity index is 2270. The zero-order valence-electron chi connectivity index (χ0n) is 27.9. The van der Waals surface area contributed by atoms with Gasteiger partial charge in [-0.15, -0.1) is 66.7 Å². The summed E-state index contributed by atoms with van der Waals surface area (Å²) in [7, 11) is 0. The summed E-state index contributed by atoms with van der Waals surface area (Å²) in [6.45, 7) is 0. The number of benzene rings is 6. The molecule has 0 bridgehead atoms. The molecule has 3 aromatic heterocycles. The van der Waals surface area contributed by atoms with Crippen molar-refractivity contribution in [2.45, 2.75) is 0 Å². The van der Waals surface area contributed by atoms with Gasteiger partial charge in [0.25, 0.3) is 0 Å². The molecule has 0 N–H and O–H groups in total. The predicted octanol–water partition coefficient (Wildman–Crippen LogP) is 10.3. The third-order valence-corrected chi connectivity index (χ3v) is 7.81. The Labute approximate surface area is 317 Å². The fourth-order valence-electron chi connectivity index (χ4n) is 5.23. The van der Waals surface area contributed by atoms with Crippen LogP contribution in [0.3, 0.4) is 0 Å². The van der Waals surface area contributed by atoms with E-state index < -0.39 is 0 Å². The van der Waals surface area contributed by atoms with E-state index >= 15 is 0 Å². The maximum absolute atomic E-state index is 5.08. The molecule has 0 radical (unpaired) electrons. The van der Waals surface area contributed by atoms with Crippen LogP contribution in [-0.4, -0.2) is 19.9 Å². The summed E-state index contributed by atoms with van der Waals surface area (Å²) >= 11 is 0. The molecule has 0 spiro atoms. The van der Waals surface area contributed by atoms with Crippen LogP contribution in [0.4, 0.5) is 0 Å². The molecule has 0 aliphatic heterocycles. The van der Waals surface area contributed by atoms with Crippen LogP contribution in [0.5, 0.6) is 0 Å². The second-order valence-electron chi connectivity index (χ2n) is 11.2. The molecule has 0 saturated heterocycles. The van der Waals surface area contributed by atoms with Gasteiger partial charge in [-0.1, -0.05) is 96.6 Å². The van der Waals surface area contributed by atoms with Crippen molar-refractivity contribution in [3.8, 4) is 61.9 Å². The van der Waals surface area contributed by atoms with Gasteiger partial charge in [0.15, 0.2) is 0 Å². The number of para-hydroxylation sites is 1. The van der Waals surface area contributed by atoms with Crippen LogP contribution >= 0.6 is 0 Å². The third kappa shape index (κ3) is 9.24. The van der Waals surface area contributed by atoms with Gasteiger partial charge in [0.1, 0.15) is 5.89 Å². The van der Waals surface area contributed by atoms with Gasteiger partial charge in [-0.2, -0.15) is 34.9 Å². The minimum absolute atomic E-state index is 0. The summed E-state index contributed by atoms with van der Waals surface area (Å²) in [6.07, 6.45) is 7.09. The van der Waals surface area contributed by atoms with Gasteiger partial charge >= 0.3 is 21.1 Å². The molecule has 6 nitrogen and oxygen atoms in total. The van der Waals surface area contributed by atoms with Gasteiger partial charge in [-0.3, -0.25) is 9.67 Å². The summed E-state index contributed by atoms with van der Waals surface area (Å²) in [6, 6.07) is 63.5. The van der Waals surface area contributed by atoms with E-state index in [1.54, 1.807) is 12.5 Å². The van der Waals surface area contributed by atoms with E-state index in [2.05, 4.69) is 87.0 Å². The molecule has 9 aromatic rings. The second-order valence-corrected chi connectivity index (χ2v) is 11.2. The molecule has 0 saturated carbocycles. The van der Waals surface area contributed by atoms with E-state index in [0.29, 0.717) is 5.89 Å². The zero-order chi connectivity index (χ0) is 34.5. The molecule has 0 fully saturated rings. The summed E-state index contributed by atoms with van der Waals surface area (Å²) in [5.41, 5.74) is 10.4. The van der Waals surface area contributed by atoms with Crippen LogP contribution in [0.25, 0.3) is 61.9 Å². The molecule has 0 unspecified atom stereocenters. The van der Waals surface area contributed by atoms with Crippen molar-refractivity contribution in [3.63, 3.8) is 0 Å². The SMILES string of the molecule is [Pt+4].[c-]1ccccc1-c1cc(-c2ccccc2)n[n-]1.[c-]1ccccc1-c1ncco1.[c-]1ccccc1-n1cc(-c2ccc(-c3ccccc3)cc2)cn1. The van der Waals surface area contributed by atoms with Crippen molar-refractivity contribution in [2.75, 3.05) is 0 Å². The molecule has 52 heavy (non-hydrogen) atoms. The molecule has 9 rings (SSSR count). The van der Waals surface area contributed by atoms with E-state index in [4.69, 9.17) is 4.42 Å². The number of hydrogen-bond donors (Lipinski definition) is 0. The normalized spacial score (nSPS) is 10.2. The molecule has 0 aliphatic carbocycles. The van der Waals surface area contributed by atoms with Crippen molar-refractivity contribution in [3.05, 3.63) is 207 Å². The predicted molar refractivity (Wildman–Crippen MR) is 201 cm³/mol. The summed E-state index contributed by atoms with van der Waals surface area (Å²) in [5.74, 6) is 0.616. The first-order valence-corrected chi connectivity index (χ1v) is 16.4. The Hall–Kier alpha value is -6.36. The number of aromatic nitrogens is 5. The minimum atomic E-state index is 0. The monoisotopic (exact) mass is 852 g/mol. The first kappa shape index (κ1) is 35.5. The maximum Gasteiger partial charge on any atom is 4.00 e. The van der Waals surface area contributed by atoms with Gasteiger partial charge in [-0.25, -0.2) is 5.69 Å². The zero-order valence-corrected chi connectivity index (χ0v) is 30.1. The van der Waals surface area contributed by atoms with Crippen molar-refractivity contribution in [1.82, 2.24) is 25.0 Å². The molecule has 0 amide bonds. The van der Waals surface area contributed by atoms with Crippen LogP contribution in [-0.2, 0) is 21.1 Å². The van der Waals surface area contributed by atoms with Crippen LogP contribution in [0.2, 0.25) is 0 Å². The van der Waals surface area contributed by atoms with Gasteiger partial charge in [0.2, 0.25) is 0 Å². The third-order valence-electron chi connectivity index (χ3n) is 7.81. The van der Waals surface area contributed by atoms with E-state index in [9.17, 15) is 0 Å². The summed E-state index contributed by atoms with van der Waals surface area (Å²) < 4.78 is 6.92. The first-order chi connectivity index (χ1) is 25.3. The van der Waals surface area contributed by atoms with Crippen LogP contribution < -0.4 is 5.10 Å². The van der Waals surface area contributed by atoms with E-state index in [1.807, 2.05) is 132 Å². The average Bonchev–Trinajstić information content (AvgIpc) is 4.04. The summed E-state index contributed by atoms with van der Waals surface area (Å²) in [5, 5.41) is 12.8. The molecule has 0 atom stereocenters. The molecule has 6 aromatic carbocycles. The van der Waals surface area contributed by atoms with E-state index in [-0.39, 0.29) is 21.1 Å². The van der Waals surface area contributed by atoms with E-state index in [1.165, 1.54) is 11.1 Å². The van der Waals surface area contributed by atoms with Crippen LogP contribution in [0.15, 0.2) is 193 Å². The van der Waals surface area contributed by atoms with E-state index in [0.717, 1.165) is 44.9 Å². The minimum Gasteiger partial charge on any atom is -0.618 e. The van der Waals surface area contributed by atoms with Gasteiger partial charge in [-0.05, 0) is 27.9 Å². The number of rotatable bonds is 6. The fraction of sp³-hybridized carbons (Fsp3) is 0. The van der Waals surface area contributed by atoms with Gasteiger partial charge in [0, 0.05) is 17.5 Å². The van der Waals surface area contributed by atoms with Crippen molar-refractivity contribution >= 4 is 0 Å². The number of nitrogens with zero attached hydrogens (tertiary/aromatic N) is 5. The number of hydrogen-bond acceptors (Lipinski definition) is 4. The number of oxazole rings is 1. The Morgan fingerprint density at radius 2 is 1.13 bits per heavy atom. The molecule has 0 aliphatic rings. The Morgan fingerprint density at radius 1 is 0.558 bits per heavy atom. The van der Waals surface area contributed by atoms with Gasteiger partial charge < -0.3 is 14.6 Å². The Kier molecular flexibility index (Phi) is 12.3. The Morgan fingerprint density at radius 3 is 1.73 bits per heavy atom. The Balaban J connectivity index is 0.000000141. The molecule has 7 heteroatoms. The van der Waals surface area contributed by atoms with Crippen molar-refractivity contribution in [1.29, 1.82) is 0 Å². The van der Waals surface area contributed by atoms with Crippen molar-refractivity contribution in [2.24, 2.45) is 0 Å². The maximum atomic E-state index is 5.08. The van der Waals surface area contributed by atoms with Gasteiger partial charge in [0.05, 0.1) is 18.7 Å². The largest absolute Gasteiger partial charge is 4.00 e. The second kappa shape index (κ2) is 18.0. The fourth-order valence-corrected chi connectivity index (χ4v) is 5.23. The van der Waals surface area contributed by atoms with Crippen LogP contribution in [0, 0.1) is 18.2 Å². The smallest absolute Gasteiger partial charge is 0.618 e. The van der Waals surface area contributed by atoms with Crippen LogP contribution in [0.1, 0.15) is 0 Å². The standard InChI is InChI=1S/C21H15N2.C15H10N2.C9H6NO.Pt/c1-3-7-17(8-4-1)18-11-13-19(14-12-18)20-15-22-23(16-20)21-9-5-2-6-10-21;1-3-7-12(8-4-1)14-11-15(17-16-14)13-9-5-2-6-10-13;1-2-4-8(5-3-1)9-10-6-7-11-9;/h1-9,11-16H;1-9,11H;1-4,6-7H;/q-1;-2;-1;+4. The topological polar surface area (TPSA) is 70.8 Å². The van der Waals surface area contributed by atoms with Crippen molar-refractivity contribution < 1.29 is 25.5 Å². The average molecular weight is 853 g/mol. The molecular formula is C45H31N5OPt.